The van der Waals surface area contributed by atoms with E-state index in [-0.39, 0.29) is 18.8 Å². The highest BCUT2D eigenvalue weighted by molar-refractivity contribution is 5.88. The number of aliphatic hydroxyl groups excluding tert-OH is 1. The maximum absolute atomic E-state index is 13.3. The molecule has 0 aliphatic carbocycles. The fourth-order valence-corrected chi connectivity index (χ4v) is 1.16. The van der Waals surface area contributed by atoms with Gasteiger partial charge in [-0.2, -0.15) is 0 Å². The molecule has 0 aliphatic rings. The quantitative estimate of drug-likeness (QED) is 0.671. The Morgan fingerprint density at radius 1 is 1.31 bits per heavy atom. The van der Waals surface area contributed by atoms with E-state index in [0.717, 1.165) is 12.1 Å². The van der Waals surface area contributed by atoms with Crippen molar-refractivity contribution in [2.24, 2.45) is 0 Å². The van der Waals surface area contributed by atoms with Crippen LogP contribution in [0.15, 0.2) is 12.1 Å². The number of anilines is 1. The van der Waals surface area contributed by atoms with Crippen LogP contribution < -0.4 is 5.32 Å². The Hall–Kier alpha value is -1.69. The summed E-state index contributed by atoms with van der Waals surface area (Å²) in [6.07, 6.45) is 0.347. The summed E-state index contributed by atoms with van der Waals surface area (Å²) in [6, 6.07) is 1.49. The van der Waals surface area contributed by atoms with Gasteiger partial charge in [-0.05, 0) is 18.6 Å². The van der Waals surface area contributed by atoms with Gasteiger partial charge in [0.1, 0.15) is 17.3 Å². The zero-order valence-corrected chi connectivity index (χ0v) is 8.33. The molecular weight excluding hydrogens is 220 g/mol. The molecule has 0 aromatic heterocycles. The lowest BCUT2D eigenvalue weighted by atomic mass is 10.2. The van der Waals surface area contributed by atoms with Gasteiger partial charge < -0.3 is 15.5 Å². The van der Waals surface area contributed by atoms with Crippen LogP contribution in [0.1, 0.15) is 16.8 Å². The molecule has 3 N–H and O–H groups in total. The number of benzene rings is 1. The Morgan fingerprint density at radius 3 is 2.31 bits per heavy atom. The van der Waals surface area contributed by atoms with E-state index in [1.54, 1.807) is 0 Å². The number of halogens is 2. The number of nitrogens with one attached hydrogen (secondary N) is 1. The first-order valence-electron chi connectivity index (χ1n) is 4.63. The highest BCUT2D eigenvalue weighted by Gasteiger charge is 2.13. The molecule has 0 aliphatic heterocycles. The Kier molecular flexibility index (Phi) is 4.19. The number of rotatable bonds is 5. The molecule has 1 rings (SSSR count). The molecule has 1 aromatic carbocycles. The molecule has 0 fully saturated rings. The highest BCUT2D eigenvalue weighted by Crippen LogP contribution is 2.20. The van der Waals surface area contributed by atoms with Crippen LogP contribution in [0, 0.1) is 11.6 Å². The van der Waals surface area contributed by atoms with Crippen molar-refractivity contribution < 1.29 is 23.8 Å². The van der Waals surface area contributed by atoms with E-state index in [9.17, 15) is 13.6 Å². The Morgan fingerprint density at radius 2 is 1.88 bits per heavy atom. The monoisotopic (exact) mass is 231 g/mol. The number of hydrogen-bond donors (Lipinski definition) is 3. The predicted octanol–water partition coefficient (Wildman–Crippen LogP) is 1.46. The first-order chi connectivity index (χ1) is 7.56. The Balaban J connectivity index is 2.89. The molecule has 0 bridgehead atoms. The maximum atomic E-state index is 13.3. The number of hydrogen-bond acceptors (Lipinski definition) is 3. The lowest BCUT2D eigenvalue weighted by Crippen LogP contribution is -2.08. The van der Waals surface area contributed by atoms with Crippen LogP contribution >= 0.6 is 0 Å². The molecule has 0 unspecified atom stereocenters. The molecule has 88 valence electrons. The second-order valence-electron chi connectivity index (χ2n) is 3.12. The molecule has 4 nitrogen and oxygen atoms in total. The lowest BCUT2D eigenvalue weighted by molar-refractivity contribution is 0.0696. The van der Waals surface area contributed by atoms with E-state index in [1.165, 1.54) is 0 Å². The van der Waals surface area contributed by atoms with E-state index >= 15 is 0 Å². The summed E-state index contributed by atoms with van der Waals surface area (Å²) in [5.74, 6) is -3.31. The maximum Gasteiger partial charge on any atom is 0.335 e. The second-order valence-corrected chi connectivity index (χ2v) is 3.12. The van der Waals surface area contributed by atoms with Crippen molar-refractivity contribution in [3.05, 3.63) is 29.3 Å². The molecule has 0 saturated carbocycles. The van der Waals surface area contributed by atoms with Crippen molar-refractivity contribution in [3.8, 4) is 0 Å². The van der Waals surface area contributed by atoms with Crippen LogP contribution in [-0.2, 0) is 0 Å². The van der Waals surface area contributed by atoms with Gasteiger partial charge in [0.2, 0.25) is 0 Å². The van der Waals surface area contributed by atoms with Crippen molar-refractivity contribution in [2.75, 3.05) is 18.5 Å². The van der Waals surface area contributed by atoms with Gasteiger partial charge in [0.05, 0.1) is 5.56 Å². The van der Waals surface area contributed by atoms with Crippen molar-refractivity contribution in [2.45, 2.75) is 6.42 Å². The van der Waals surface area contributed by atoms with Crippen LogP contribution in [-0.4, -0.2) is 29.3 Å². The van der Waals surface area contributed by atoms with E-state index in [0.29, 0.717) is 6.42 Å². The Bertz CT molecular complexity index is 373. The third kappa shape index (κ3) is 2.90. The number of aromatic carboxylic acids is 1. The average molecular weight is 231 g/mol. The standard InChI is InChI=1S/C10H11F2NO3/c11-7-4-6(10(15)16)5-8(12)9(7)13-2-1-3-14/h4-5,13-14H,1-3H2,(H,15,16). The summed E-state index contributed by atoms with van der Waals surface area (Å²) in [4.78, 5) is 10.5. The largest absolute Gasteiger partial charge is 0.478 e. The third-order valence-electron chi connectivity index (χ3n) is 1.93. The fourth-order valence-electron chi connectivity index (χ4n) is 1.16. The van der Waals surface area contributed by atoms with E-state index in [4.69, 9.17) is 10.2 Å². The minimum Gasteiger partial charge on any atom is -0.478 e. The van der Waals surface area contributed by atoms with Crippen molar-refractivity contribution in [1.29, 1.82) is 0 Å². The minimum absolute atomic E-state index is 0.0938. The van der Waals surface area contributed by atoms with Crippen molar-refractivity contribution >= 4 is 11.7 Å². The minimum atomic E-state index is -1.39. The molecule has 0 atom stereocenters. The van der Waals surface area contributed by atoms with Gasteiger partial charge in [-0.3, -0.25) is 0 Å². The average Bonchev–Trinajstić information content (AvgIpc) is 2.21. The summed E-state index contributed by atoms with van der Waals surface area (Å²) >= 11 is 0. The Labute approximate surface area is 90.5 Å². The SMILES string of the molecule is O=C(O)c1cc(F)c(NCCCO)c(F)c1. The van der Waals surface area contributed by atoms with Crippen LogP contribution in [0.5, 0.6) is 0 Å². The summed E-state index contributed by atoms with van der Waals surface area (Å²) in [5.41, 5.74) is -0.818. The van der Waals surface area contributed by atoms with Gasteiger partial charge >= 0.3 is 5.97 Å². The van der Waals surface area contributed by atoms with Crippen LogP contribution in [0.25, 0.3) is 0 Å². The second kappa shape index (κ2) is 5.41. The smallest absolute Gasteiger partial charge is 0.335 e. The molecule has 0 radical (unpaired) electrons. The van der Waals surface area contributed by atoms with Crippen LogP contribution in [0.2, 0.25) is 0 Å². The zero-order valence-electron chi connectivity index (χ0n) is 8.33. The number of carboxylic acids is 1. The predicted molar refractivity (Wildman–Crippen MR) is 53.5 cm³/mol. The van der Waals surface area contributed by atoms with Gasteiger partial charge in [0.25, 0.3) is 0 Å². The van der Waals surface area contributed by atoms with E-state index in [1.807, 2.05) is 0 Å². The molecule has 0 amide bonds. The van der Waals surface area contributed by atoms with Crippen molar-refractivity contribution in [1.82, 2.24) is 0 Å². The molecular formula is C10H11F2NO3. The van der Waals surface area contributed by atoms with Crippen LogP contribution in [0.4, 0.5) is 14.5 Å². The molecule has 0 saturated heterocycles. The van der Waals surface area contributed by atoms with Gasteiger partial charge in [-0.25, -0.2) is 13.6 Å². The molecule has 1 aromatic rings. The molecule has 0 spiro atoms. The third-order valence-corrected chi connectivity index (χ3v) is 1.93. The van der Waals surface area contributed by atoms with Gasteiger partial charge in [-0.1, -0.05) is 0 Å². The summed E-state index contributed by atoms with van der Waals surface area (Å²) < 4.78 is 26.5. The lowest BCUT2D eigenvalue weighted by Gasteiger charge is -2.08. The summed E-state index contributed by atoms with van der Waals surface area (Å²) in [6.45, 7) is 0.111. The van der Waals surface area contributed by atoms with E-state index < -0.39 is 23.2 Å². The first-order valence-corrected chi connectivity index (χ1v) is 4.63. The topological polar surface area (TPSA) is 69.6 Å². The normalized spacial score (nSPS) is 10.2. The number of carbonyl (C=O) groups is 1. The van der Waals surface area contributed by atoms with Crippen molar-refractivity contribution in [3.63, 3.8) is 0 Å². The molecule has 16 heavy (non-hydrogen) atoms. The fraction of sp³-hybridized carbons (Fsp3) is 0.300. The first kappa shape index (κ1) is 12.4. The molecule has 0 heterocycles. The number of carboxylic acid groups (broad SMARTS) is 1. The zero-order chi connectivity index (χ0) is 12.1. The summed E-state index contributed by atoms with van der Waals surface area (Å²) in [5, 5.41) is 19.5. The molecule has 6 heteroatoms. The van der Waals surface area contributed by atoms with Crippen LogP contribution in [0.3, 0.4) is 0 Å². The van der Waals surface area contributed by atoms with Gasteiger partial charge in [-0.15, -0.1) is 0 Å². The van der Waals surface area contributed by atoms with Gasteiger partial charge in [0, 0.05) is 13.2 Å². The highest BCUT2D eigenvalue weighted by atomic mass is 19.1. The number of aliphatic hydroxyl groups is 1. The van der Waals surface area contributed by atoms with E-state index in [2.05, 4.69) is 5.32 Å². The summed E-state index contributed by atoms with van der Waals surface area (Å²) in [7, 11) is 0. The van der Waals surface area contributed by atoms with Gasteiger partial charge in [0.15, 0.2) is 0 Å².